The molecule has 1 aromatic rings. The number of hydrogen-bond acceptors (Lipinski definition) is 4. The second-order valence-electron chi connectivity index (χ2n) is 4.40. The van der Waals surface area contributed by atoms with E-state index in [9.17, 15) is 0 Å². The molecule has 1 aromatic heterocycles. The zero-order valence-electron chi connectivity index (χ0n) is 9.23. The molecule has 1 aliphatic rings. The summed E-state index contributed by atoms with van der Waals surface area (Å²) in [5.74, 6) is 1.60. The summed E-state index contributed by atoms with van der Waals surface area (Å²) in [6.45, 7) is 4.38. The van der Waals surface area contributed by atoms with Crippen LogP contribution in [0.1, 0.15) is 32.5 Å². The van der Waals surface area contributed by atoms with Crippen molar-refractivity contribution in [1.29, 1.82) is 0 Å². The van der Waals surface area contributed by atoms with Gasteiger partial charge in [-0.3, -0.25) is 0 Å². The van der Waals surface area contributed by atoms with Gasteiger partial charge in [-0.25, -0.2) is 4.98 Å². The van der Waals surface area contributed by atoms with E-state index >= 15 is 0 Å². The Balaban J connectivity index is 1.89. The summed E-state index contributed by atoms with van der Waals surface area (Å²) in [4.78, 5) is 4.48. The number of nitrogens with one attached hydrogen (secondary N) is 1. The highest BCUT2D eigenvalue weighted by Gasteiger charge is 2.12. The third-order valence-corrected chi connectivity index (χ3v) is 3.08. The highest BCUT2D eigenvalue weighted by atomic mass is 32.1. The van der Waals surface area contributed by atoms with E-state index in [4.69, 9.17) is 0 Å². The maximum absolute atomic E-state index is 4.48. The molecule has 1 aliphatic carbocycles. The van der Waals surface area contributed by atoms with Crippen molar-refractivity contribution in [2.75, 3.05) is 5.32 Å². The highest BCUT2D eigenvalue weighted by molar-refractivity contribution is 7.09. The topological polar surface area (TPSA) is 37.8 Å². The zero-order valence-corrected chi connectivity index (χ0v) is 10.0. The van der Waals surface area contributed by atoms with E-state index in [1.807, 2.05) is 0 Å². The van der Waals surface area contributed by atoms with E-state index in [0.29, 0.717) is 12.0 Å². The molecule has 0 spiro atoms. The number of aromatic nitrogens is 2. The predicted molar refractivity (Wildman–Crippen MR) is 64.2 cm³/mol. The van der Waals surface area contributed by atoms with Gasteiger partial charge in [0.1, 0.15) is 5.82 Å². The van der Waals surface area contributed by atoms with Crippen LogP contribution in [0.2, 0.25) is 0 Å². The molecule has 0 amide bonds. The molecule has 0 aromatic carbocycles. The standard InChI is InChI=1S/C11H17N3S/c1-8(2)7-10-13-11(15-14-10)12-9-5-3-4-6-9/h3-4,8-9H,5-7H2,1-2H3,(H,12,13,14). The fraction of sp³-hybridized carbons (Fsp3) is 0.636. The van der Waals surface area contributed by atoms with Crippen molar-refractivity contribution in [3.63, 3.8) is 0 Å². The van der Waals surface area contributed by atoms with Crippen molar-refractivity contribution in [1.82, 2.24) is 9.36 Å². The largest absolute Gasteiger partial charge is 0.357 e. The number of nitrogens with zero attached hydrogens (tertiary/aromatic N) is 2. The van der Waals surface area contributed by atoms with Gasteiger partial charge in [0.05, 0.1) is 0 Å². The third-order valence-electron chi connectivity index (χ3n) is 2.39. The first kappa shape index (κ1) is 10.6. The normalized spacial score (nSPS) is 16.5. The summed E-state index contributed by atoms with van der Waals surface area (Å²) in [5, 5.41) is 4.39. The van der Waals surface area contributed by atoms with Crippen molar-refractivity contribution < 1.29 is 0 Å². The summed E-state index contributed by atoms with van der Waals surface area (Å²) in [6.07, 6.45) is 7.63. The lowest BCUT2D eigenvalue weighted by Crippen LogP contribution is -2.14. The first-order valence-electron chi connectivity index (χ1n) is 5.48. The van der Waals surface area contributed by atoms with E-state index in [1.54, 1.807) is 0 Å². The Morgan fingerprint density at radius 2 is 2.20 bits per heavy atom. The Hall–Kier alpha value is -0.900. The molecule has 0 atom stereocenters. The van der Waals surface area contributed by atoms with Gasteiger partial charge in [-0.15, -0.1) is 0 Å². The van der Waals surface area contributed by atoms with Crippen LogP contribution in [0.4, 0.5) is 5.13 Å². The summed E-state index contributed by atoms with van der Waals surface area (Å²) in [6, 6.07) is 0.532. The predicted octanol–water partition coefficient (Wildman–Crippen LogP) is 2.87. The summed E-state index contributed by atoms with van der Waals surface area (Å²) in [7, 11) is 0. The van der Waals surface area contributed by atoms with Gasteiger partial charge in [-0.05, 0) is 18.8 Å². The van der Waals surface area contributed by atoms with Crippen LogP contribution in [-0.4, -0.2) is 15.4 Å². The third kappa shape index (κ3) is 3.02. The quantitative estimate of drug-likeness (QED) is 0.798. The maximum Gasteiger partial charge on any atom is 0.202 e. The molecule has 0 saturated carbocycles. The Morgan fingerprint density at radius 3 is 2.87 bits per heavy atom. The minimum Gasteiger partial charge on any atom is -0.357 e. The summed E-state index contributed by atoms with van der Waals surface area (Å²) in [5.41, 5.74) is 0. The first-order chi connectivity index (χ1) is 7.24. The summed E-state index contributed by atoms with van der Waals surface area (Å²) >= 11 is 1.48. The summed E-state index contributed by atoms with van der Waals surface area (Å²) < 4.78 is 4.35. The van der Waals surface area contributed by atoms with E-state index in [2.05, 4.69) is 40.7 Å². The van der Waals surface area contributed by atoms with Crippen molar-refractivity contribution >= 4 is 16.7 Å². The van der Waals surface area contributed by atoms with E-state index in [0.717, 1.165) is 30.2 Å². The van der Waals surface area contributed by atoms with Crippen LogP contribution in [0.25, 0.3) is 0 Å². The average molecular weight is 223 g/mol. The fourth-order valence-corrected chi connectivity index (χ4v) is 2.34. The van der Waals surface area contributed by atoms with Gasteiger partial charge in [-0.2, -0.15) is 4.37 Å². The Morgan fingerprint density at radius 1 is 1.47 bits per heavy atom. The molecule has 0 bridgehead atoms. The van der Waals surface area contributed by atoms with Crippen molar-refractivity contribution in [2.45, 2.75) is 39.2 Å². The molecule has 2 rings (SSSR count). The van der Waals surface area contributed by atoms with Crippen LogP contribution in [-0.2, 0) is 6.42 Å². The molecule has 0 unspecified atom stereocenters. The SMILES string of the molecule is CC(C)Cc1nsc(NC2CC=CC2)n1. The van der Waals surface area contributed by atoms with Gasteiger partial charge < -0.3 is 5.32 Å². The van der Waals surface area contributed by atoms with Gasteiger partial charge in [-0.1, -0.05) is 26.0 Å². The zero-order chi connectivity index (χ0) is 10.7. The molecule has 1 N–H and O–H groups in total. The minimum atomic E-state index is 0.532. The Bertz CT molecular complexity index is 335. The van der Waals surface area contributed by atoms with Crippen LogP contribution in [0.3, 0.4) is 0 Å². The molecular formula is C11H17N3S. The Labute approximate surface area is 94.8 Å². The first-order valence-corrected chi connectivity index (χ1v) is 6.25. The lowest BCUT2D eigenvalue weighted by molar-refractivity contribution is 0.627. The molecule has 0 aliphatic heterocycles. The lowest BCUT2D eigenvalue weighted by atomic mass is 10.1. The molecule has 82 valence electrons. The molecule has 0 fully saturated rings. The molecule has 1 heterocycles. The molecule has 4 heteroatoms. The number of rotatable bonds is 4. The van der Waals surface area contributed by atoms with Crippen LogP contribution < -0.4 is 5.32 Å². The average Bonchev–Trinajstić information content (AvgIpc) is 2.77. The van der Waals surface area contributed by atoms with Gasteiger partial charge in [0.15, 0.2) is 0 Å². The number of anilines is 1. The van der Waals surface area contributed by atoms with Gasteiger partial charge >= 0.3 is 0 Å². The van der Waals surface area contributed by atoms with Crippen LogP contribution in [0.15, 0.2) is 12.2 Å². The van der Waals surface area contributed by atoms with E-state index in [-0.39, 0.29) is 0 Å². The second-order valence-corrected chi connectivity index (χ2v) is 5.15. The molecular weight excluding hydrogens is 206 g/mol. The minimum absolute atomic E-state index is 0.532. The molecule has 15 heavy (non-hydrogen) atoms. The van der Waals surface area contributed by atoms with E-state index < -0.39 is 0 Å². The van der Waals surface area contributed by atoms with Crippen molar-refractivity contribution in [3.8, 4) is 0 Å². The molecule has 0 saturated heterocycles. The van der Waals surface area contributed by atoms with Crippen molar-refractivity contribution in [3.05, 3.63) is 18.0 Å². The second kappa shape index (κ2) is 4.75. The van der Waals surface area contributed by atoms with Crippen LogP contribution >= 0.6 is 11.5 Å². The highest BCUT2D eigenvalue weighted by Crippen LogP contribution is 2.19. The Kier molecular flexibility index (Phi) is 3.36. The smallest absolute Gasteiger partial charge is 0.202 e. The molecule has 0 radical (unpaired) electrons. The van der Waals surface area contributed by atoms with Crippen LogP contribution in [0.5, 0.6) is 0 Å². The fourth-order valence-electron chi connectivity index (χ4n) is 1.67. The van der Waals surface area contributed by atoms with Crippen LogP contribution in [0, 0.1) is 5.92 Å². The van der Waals surface area contributed by atoms with Crippen molar-refractivity contribution in [2.24, 2.45) is 5.92 Å². The van der Waals surface area contributed by atoms with Gasteiger partial charge in [0.25, 0.3) is 0 Å². The van der Waals surface area contributed by atoms with Gasteiger partial charge in [0, 0.05) is 24.0 Å². The van der Waals surface area contributed by atoms with E-state index in [1.165, 1.54) is 11.5 Å². The maximum atomic E-state index is 4.48. The molecule has 3 nitrogen and oxygen atoms in total. The lowest BCUT2D eigenvalue weighted by Gasteiger charge is -2.08. The number of hydrogen-bond donors (Lipinski definition) is 1. The van der Waals surface area contributed by atoms with Gasteiger partial charge in [0.2, 0.25) is 5.13 Å². The monoisotopic (exact) mass is 223 g/mol.